The fourth-order valence-electron chi connectivity index (χ4n) is 3.74. The maximum absolute atomic E-state index is 13.1. The van der Waals surface area contributed by atoms with Gasteiger partial charge in [0.05, 0.1) is 12.1 Å². The number of ether oxygens (including phenoxy) is 1. The number of alkyl halides is 3. The number of benzene rings is 1. The maximum Gasteiger partial charge on any atom is 0.421 e. The number of para-hydroxylation sites is 2. The number of hydrogen-bond acceptors (Lipinski definition) is 5. The molecule has 10 heteroatoms. The summed E-state index contributed by atoms with van der Waals surface area (Å²) in [5.41, 5.74) is 0.0126. The molecule has 1 atom stereocenters. The zero-order valence-electron chi connectivity index (χ0n) is 16.5. The van der Waals surface area contributed by atoms with Crippen LogP contribution in [-0.2, 0) is 17.5 Å². The molecular weight excluding hydrogens is 415 g/mol. The van der Waals surface area contributed by atoms with Gasteiger partial charge in [0.15, 0.2) is 5.58 Å². The molecule has 1 amide bonds. The standard InChI is InChI=1S/C21H20F3N3O4/c22-21(23,24)15-6-3-9-25-19(15)30-13-14-5-4-10-26(11-14)18(28)12-27-16-7-1-2-8-17(16)31-20(27)29/h1-3,6-9,14H,4-5,10-13H2. The lowest BCUT2D eigenvalue weighted by Gasteiger charge is -2.32. The number of fused-ring (bicyclic) bond motifs is 1. The monoisotopic (exact) mass is 435 g/mol. The van der Waals surface area contributed by atoms with Crippen LogP contribution < -0.4 is 10.5 Å². The molecule has 0 N–H and O–H groups in total. The number of rotatable bonds is 5. The van der Waals surface area contributed by atoms with Gasteiger partial charge in [0, 0.05) is 25.2 Å². The van der Waals surface area contributed by atoms with E-state index >= 15 is 0 Å². The van der Waals surface area contributed by atoms with Crippen molar-refractivity contribution in [2.75, 3.05) is 19.7 Å². The van der Waals surface area contributed by atoms with Gasteiger partial charge in [-0.1, -0.05) is 12.1 Å². The van der Waals surface area contributed by atoms with Crippen LogP contribution in [0.4, 0.5) is 13.2 Å². The van der Waals surface area contributed by atoms with E-state index < -0.39 is 23.4 Å². The highest BCUT2D eigenvalue weighted by Crippen LogP contribution is 2.35. The van der Waals surface area contributed by atoms with E-state index in [9.17, 15) is 22.8 Å². The molecule has 1 aliphatic rings. The van der Waals surface area contributed by atoms with Crippen LogP contribution in [-0.4, -0.2) is 40.1 Å². The lowest BCUT2D eigenvalue weighted by Crippen LogP contribution is -2.43. The molecule has 1 fully saturated rings. The Balaban J connectivity index is 1.40. The molecule has 7 nitrogen and oxygen atoms in total. The normalized spacial score (nSPS) is 17.1. The molecule has 2 aromatic heterocycles. The SMILES string of the molecule is O=C(Cn1c(=O)oc2ccccc21)N1CCCC(COc2ncccc2C(F)(F)F)C1. The van der Waals surface area contributed by atoms with Gasteiger partial charge in [0.1, 0.15) is 12.1 Å². The molecular formula is C21H20F3N3O4. The van der Waals surface area contributed by atoms with E-state index in [1.165, 1.54) is 16.8 Å². The van der Waals surface area contributed by atoms with Gasteiger partial charge in [-0.2, -0.15) is 13.2 Å². The van der Waals surface area contributed by atoms with Crippen molar-refractivity contribution in [2.24, 2.45) is 5.92 Å². The van der Waals surface area contributed by atoms with Crippen LogP contribution in [0.15, 0.2) is 51.8 Å². The first-order valence-corrected chi connectivity index (χ1v) is 9.84. The van der Waals surface area contributed by atoms with Gasteiger partial charge in [-0.15, -0.1) is 0 Å². The minimum absolute atomic E-state index is 0.0124. The highest BCUT2D eigenvalue weighted by Gasteiger charge is 2.35. The summed E-state index contributed by atoms with van der Waals surface area (Å²) in [4.78, 5) is 30.2. The molecule has 1 aromatic carbocycles. The Bertz CT molecular complexity index is 1140. The van der Waals surface area contributed by atoms with Crippen molar-refractivity contribution in [2.45, 2.75) is 25.6 Å². The summed E-state index contributed by atoms with van der Waals surface area (Å²) < 4.78 is 51.1. The minimum Gasteiger partial charge on any atom is -0.477 e. The molecule has 4 rings (SSSR count). The number of halogens is 3. The first kappa shape index (κ1) is 21.0. The summed E-state index contributed by atoms with van der Waals surface area (Å²) in [5.74, 6) is -1.47. The summed E-state index contributed by atoms with van der Waals surface area (Å²) in [6.45, 7) is 0.690. The molecule has 164 valence electrons. The van der Waals surface area contributed by atoms with E-state index in [1.54, 1.807) is 29.2 Å². The van der Waals surface area contributed by atoms with Crippen LogP contribution in [0.5, 0.6) is 5.88 Å². The van der Waals surface area contributed by atoms with Crippen LogP contribution in [0.25, 0.3) is 11.1 Å². The quantitative estimate of drug-likeness (QED) is 0.615. The summed E-state index contributed by atoms with van der Waals surface area (Å²) in [5, 5.41) is 0. The van der Waals surface area contributed by atoms with Crippen molar-refractivity contribution in [3.63, 3.8) is 0 Å². The zero-order valence-corrected chi connectivity index (χ0v) is 16.5. The fourth-order valence-corrected chi connectivity index (χ4v) is 3.74. The maximum atomic E-state index is 13.1. The van der Waals surface area contributed by atoms with Gasteiger partial charge in [0.2, 0.25) is 11.8 Å². The molecule has 31 heavy (non-hydrogen) atoms. The van der Waals surface area contributed by atoms with Gasteiger partial charge in [-0.25, -0.2) is 9.78 Å². The Morgan fingerprint density at radius 3 is 2.84 bits per heavy atom. The number of amides is 1. The lowest BCUT2D eigenvalue weighted by molar-refractivity contribution is -0.139. The molecule has 1 unspecified atom stereocenters. The van der Waals surface area contributed by atoms with E-state index in [2.05, 4.69) is 4.98 Å². The van der Waals surface area contributed by atoms with Crippen molar-refractivity contribution in [3.8, 4) is 5.88 Å². The first-order chi connectivity index (χ1) is 14.8. The van der Waals surface area contributed by atoms with E-state index in [4.69, 9.17) is 9.15 Å². The van der Waals surface area contributed by atoms with E-state index in [0.717, 1.165) is 6.07 Å². The second kappa shape index (κ2) is 8.44. The van der Waals surface area contributed by atoms with E-state index in [1.807, 2.05) is 0 Å². The van der Waals surface area contributed by atoms with Crippen molar-refractivity contribution < 1.29 is 27.1 Å². The molecule has 0 aliphatic carbocycles. The Hall–Kier alpha value is -3.30. The largest absolute Gasteiger partial charge is 0.477 e. The van der Waals surface area contributed by atoms with Gasteiger partial charge in [0.25, 0.3) is 0 Å². The van der Waals surface area contributed by atoms with Crippen molar-refractivity contribution >= 4 is 17.0 Å². The number of piperidine rings is 1. The molecule has 0 bridgehead atoms. The van der Waals surface area contributed by atoms with Crippen molar-refractivity contribution in [1.29, 1.82) is 0 Å². The number of carbonyl (C=O) groups excluding carboxylic acids is 1. The average molecular weight is 435 g/mol. The van der Waals surface area contributed by atoms with Crippen LogP contribution in [0.1, 0.15) is 18.4 Å². The first-order valence-electron chi connectivity index (χ1n) is 9.84. The summed E-state index contributed by atoms with van der Waals surface area (Å²) in [6.07, 6.45) is -1.91. The summed E-state index contributed by atoms with van der Waals surface area (Å²) in [6, 6.07) is 8.96. The zero-order chi connectivity index (χ0) is 22.0. The number of oxazole rings is 1. The number of likely N-dealkylation sites (tertiary alicyclic amines) is 1. The van der Waals surface area contributed by atoms with E-state index in [-0.39, 0.29) is 25.0 Å². The Labute approximate surface area is 175 Å². The Morgan fingerprint density at radius 1 is 1.23 bits per heavy atom. The third-order valence-electron chi connectivity index (χ3n) is 5.27. The predicted octanol–water partition coefficient (Wildman–Crippen LogP) is 3.33. The number of nitrogens with zero attached hydrogens (tertiary/aromatic N) is 3. The molecule has 3 aromatic rings. The van der Waals surface area contributed by atoms with Crippen molar-refractivity contribution in [1.82, 2.24) is 14.5 Å². The van der Waals surface area contributed by atoms with Gasteiger partial charge >= 0.3 is 11.9 Å². The van der Waals surface area contributed by atoms with E-state index in [0.29, 0.717) is 37.0 Å². The van der Waals surface area contributed by atoms with Gasteiger partial charge in [-0.3, -0.25) is 9.36 Å². The third kappa shape index (κ3) is 4.57. The van der Waals surface area contributed by atoms with Crippen LogP contribution in [0.3, 0.4) is 0 Å². The van der Waals surface area contributed by atoms with Gasteiger partial charge in [-0.05, 0) is 37.1 Å². The third-order valence-corrected chi connectivity index (χ3v) is 5.27. The lowest BCUT2D eigenvalue weighted by atomic mass is 9.99. The molecule has 0 spiro atoms. The smallest absolute Gasteiger partial charge is 0.421 e. The molecule has 1 aliphatic heterocycles. The number of hydrogen-bond donors (Lipinski definition) is 0. The number of pyridine rings is 1. The summed E-state index contributed by atoms with van der Waals surface area (Å²) >= 11 is 0. The molecule has 1 saturated heterocycles. The summed E-state index contributed by atoms with van der Waals surface area (Å²) in [7, 11) is 0. The van der Waals surface area contributed by atoms with Crippen LogP contribution in [0, 0.1) is 5.92 Å². The Morgan fingerprint density at radius 2 is 2.03 bits per heavy atom. The Kier molecular flexibility index (Phi) is 5.71. The van der Waals surface area contributed by atoms with Gasteiger partial charge < -0.3 is 14.1 Å². The number of carbonyl (C=O) groups is 1. The fraction of sp³-hybridized carbons (Fsp3) is 0.381. The van der Waals surface area contributed by atoms with Crippen LogP contribution in [0.2, 0.25) is 0 Å². The molecule has 3 heterocycles. The number of aromatic nitrogens is 2. The average Bonchev–Trinajstić information content (AvgIpc) is 3.07. The topological polar surface area (TPSA) is 77.6 Å². The minimum atomic E-state index is -4.56. The second-order valence-corrected chi connectivity index (χ2v) is 7.43. The second-order valence-electron chi connectivity index (χ2n) is 7.43. The predicted molar refractivity (Wildman–Crippen MR) is 105 cm³/mol. The van der Waals surface area contributed by atoms with Crippen molar-refractivity contribution in [3.05, 3.63) is 58.7 Å². The van der Waals surface area contributed by atoms with Crippen LogP contribution >= 0.6 is 0 Å². The molecule has 0 radical (unpaired) electrons. The highest BCUT2D eigenvalue weighted by molar-refractivity contribution is 5.79. The molecule has 0 saturated carbocycles. The highest BCUT2D eigenvalue weighted by atomic mass is 19.4.